The predicted octanol–water partition coefficient (Wildman–Crippen LogP) is 3.61. The molecule has 2 atom stereocenters. The van der Waals surface area contributed by atoms with Gasteiger partial charge in [-0.05, 0) is 60.8 Å². The molecular formula is C24H32N2O3. The van der Waals surface area contributed by atoms with Gasteiger partial charge in [-0.2, -0.15) is 0 Å². The molecular weight excluding hydrogens is 364 g/mol. The summed E-state index contributed by atoms with van der Waals surface area (Å²) in [4.78, 5) is 29.1. The van der Waals surface area contributed by atoms with Crippen molar-refractivity contribution in [2.75, 3.05) is 26.7 Å². The molecule has 3 aliphatic rings. The summed E-state index contributed by atoms with van der Waals surface area (Å²) in [5, 5.41) is 9.79. The van der Waals surface area contributed by atoms with Gasteiger partial charge < -0.3 is 10.0 Å². The van der Waals surface area contributed by atoms with Crippen LogP contribution in [0.5, 0.6) is 0 Å². The maximum absolute atomic E-state index is 13.3. The number of carbonyl (C=O) groups excluding carboxylic acids is 1. The number of hydrogen-bond acceptors (Lipinski definition) is 3. The van der Waals surface area contributed by atoms with E-state index in [2.05, 4.69) is 44.2 Å². The van der Waals surface area contributed by atoms with E-state index >= 15 is 0 Å². The van der Waals surface area contributed by atoms with E-state index in [0.717, 1.165) is 25.8 Å². The van der Waals surface area contributed by atoms with Crippen molar-refractivity contribution in [3.05, 3.63) is 41.5 Å². The molecule has 29 heavy (non-hydrogen) atoms. The summed E-state index contributed by atoms with van der Waals surface area (Å²) in [5.74, 6) is -0.972. The van der Waals surface area contributed by atoms with Gasteiger partial charge in [-0.15, -0.1) is 0 Å². The number of aliphatic carboxylic acids is 1. The van der Waals surface area contributed by atoms with Crippen molar-refractivity contribution >= 4 is 17.4 Å². The Morgan fingerprint density at radius 1 is 1.24 bits per heavy atom. The highest BCUT2D eigenvalue weighted by molar-refractivity contribution is 5.88. The van der Waals surface area contributed by atoms with Crippen LogP contribution in [0.1, 0.15) is 56.6 Å². The fourth-order valence-corrected chi connectivity index (χ4v) is 5.12. The number of carbonyl (C=O) groups is 2. The van der Waals surface area contributed by atoms with Gasteiger partial charge in [0, 0.05) is 19.6 Å². The quantitative estimate of drug-likeness (QED) is 0.845. The number of likely N-dealkylation sites (N-methyl/N-ethyl adjacent to an activating group) is 1. The second-order valence-corrected chi connectivity index (χ2v) is 9.55. The van der Waals surface area contributed by atoms with Crippen LogP contribution in [0.4, 0.5) is 0 Å². The standard InChI is InChI=1S/C24H32N2O3/c1-16(2)18-5-4-6-19(13-18)17-7-11-26(12-8-17)22(27)21-20(23(28)29)14-24(9-10-24)15-25(21)3/h4-7,13,16,20-21H,8-12,14-15H2,1-3H3,(H,28,29). The molecule has 156 valence electrons. The van der Waals surface area contributed by atoms with Gasteiger partial charge in [-0.1, -0.05) is 44.2 Å². The minimum atomic E-state index is -0.833. The van der Waals surface area contributed by atoms with Crippen LogP contribution in [-0.4, -0.2) is 59.5 Å². The van der Waals surface area contributed by atoms with Gasteiger partial charge in [0.05, 0.1) is 5.92 Å². The summed E-state index contributed by atoms with van der Waals surface area (Å²) in [6.07, 6.45) is 5.77. The molecule has 1 amide bonds. The molecule has 2 unspecified atom stereocenters. The average Bonchev–Trinajstić information content (AvgIpc) is 3.45. The minimum absolute atomic E-state index is 0.0263. The summed E-state index contributed by atoms with van der Waals surface area (Å²) in [5.41, 5.74) is 3.98. The Kier molecular flexibility index (Phi) is 5.28. The molecule has 5 nitrogen and oxygen atoms in total. The third-order valence-electron chi connectivity index (χ3n) is 7.07. The van der Waals surface area contributed by atoms with Gasteiger partial charge >= 0.3 is 5.97 Å². The van der Waals surface area contributed by atoms with E-state index in [0.29, 0.717) is 25.4 Å². The number of carboxylic acids is 1. The largest absolute Gasteiger partial charge is 0.481 e. The molecule has 1 aliphatic carbocycles. The number of rotatable bonds is 4. The number of nitrogens with zero attached hydrogens (tertiary/aromatic N) is 2. The first-order chi connectivity index (χ1) is 13.8. The Morgan fingerprint density at radius 2 is 2.00 bits per heavy atom. The monoisotopic (exact) mass is 396 g/mol. The first-order valence-corrected chi connectivity index (χ1v) is 10.8. The number of piperidine rings is 1. The minimum Gasteiger partial charge on any atom is -0.481 e. The van der Waals surface area contributed by atoms with Crippen LogP contribution in [0.2, 0.25) is 0 Å². The van der Waals surface area contributed by atoms with Crippen LogP contribution < -0.4 is 0 Å². The highest BCUT2D eigenvalue weighted by atomic mass is 16.4. The number of benzene rings is 1. The Bertz CT molecular complexity index is 840. The Morgan fingerprint density at radius 3 is 2.59 bits per heavy atom. The lowest BCUT2D eigenvalue weighted by Gasteiger charge is -2.43. The van der Waals surface area contributed by atoms with E-state index in [1.165, 1.54) is 16.7 Å². The summed E-state index contributed by atoms with van der Waals surface area (Å²) in [6.45, 7) is 6.44. The molecule has 1 saturated heterocycles. The Labute approximate surface area is 173 Å². The lowest BCUT2D eigenvalue weighted by atomic mass is 9.80. The first kappa shape index (κ1) is 20.1. The van der Waals surface area contributed by atoms with Crippen molar-refractivity contribution in [1.29, 1.82) is 0 Å². The molecule has 1 aromatic rings. The van der Waals surface area contributed by atoms with Crippen molar-refractivity contribution in [2.24, 2.45) is 11.3 Å². The van der Waals surface area contributed by atoms with E-state index in [1.807, 2.05) is 16.8 Å². The first-order valence-electron chi connectivity index (χ1n) is 10.8. The molecule has 4 rings (SSSR count). The normalized spacial score (nSPS) is 26.5. The van der Waals surface area contributed by atoms with Gasteiger partial charge in [0.25, 0.3) is 0 Å². The number of likely N-dealkylation sites (tertiary alicyclic amines) is 1. The maximum Gasteiger partial charge on any atom is 0.308 e. The fraction of sp³-hybridized carbons (Fsp3) is 0.583. The third-order valence-corrected chi connectivity index (χ3v) is 7.07. The number of hydrogen-bond donors (Lipinski definition) is 1. The van der Waals surface area contributed by atoms with Crippen molar-refractivity contribution in [3.8, 4) is 0 Å². The molecule has 2 heterocycles. The molecule has 2 fully saturated rings. The lowest BCUT2D eigenvalue weighted by molar-refractivity contribution is -0.155. The second kappa shape index (κ2) is 7.60. The van der Waals surface area contributed by atoms with E-state index in [9.17, 15) is 14.7 Å². The van der Waals surface area contributed by atoms with Gasteiger partial charge in [-0.25, -0.2) is 0 Å². The van der Waals surface area contributed by atoms with Crippen LogP contribution in [0.25, 0.3) is 5.57 Å². The molecule has 0 bridgehead atoms. The molecule has 1 spiro atoms. The summed E-state index contributed by atoms with van der Waals surface area (Å²) < 4.78 is 0. The molecule has 5 heteroatoms. The topological polar surface area (TPSA) is 60.9 Å². The Balaban J connectivity index is 1.48. The zero-order valence-electron chi connectivity index (χ0n) is 17.7. The van der Waals surface area contributed by atoms with E-state index in [4.69, 9.17) is 0 Å². The second-order valence-electron chi connectivity index (χ2n) is 9.55. The molecule has 1 aromatic carbocycles. The van der Waals surface area contributed by atoms with Crippen LogP contribution in [-0.2, 0) is 9.59 Å². The summed E-state index contributed by atoms with van der Waals surface area (Å²) >= 11 is 0. The lowest BCUT2D eigenvalue weighted by Crippen LogP contribution is -2.58. The van der Waals surface area contributed by atoms with E-state index < -0.39 is 17.9 Å². The van der Waals surface area contributed by atoms with E-state index in [-0.39, 0.29) is 11.3 Å². The number of carboxylic acid groups (broad SMARTS) is 1. The molecule has 1 saturated carbocycles. The van der Waals surface area contributed by atoms with Crippen molar-refractivity contribution in [2.45, 2.75) is 51.5 Å². The van der Waals surface area contributed by atoms with Gasteiger partial charge in [0.1, 0.15) is 6.04 Å². The zero-order valence-corrected chi connectivity index (χ0v) is 17.7. The number of amides is 1. The predicted molar refractivity (Wildman–Crippen MR) is 114 cm³/mol. The van der Waals surface area contributed by atoms with Gasteiger partial charge in [-0.3, -0.25) is 14.5 Å². The fourth-order valence-electron chi connectivity index (χ4n) is 5.12. The molecule has 2 aliphatic heterocycles. The van der Waals surface area contributed by atoms with Crippen molar-refractivity contribution in [3.63, 3.8) is 0 Å². The van der Waals surface area contributed by atoms with Crippen LogP contribution in [0, 0.1) is 11.3 Å². The third kappa shape index (κ3) is 3.97. The van der Waals surface area contributed by atoms with Gasteiger partial charge in [0.15, 0.2) is 0 Å². The highest BCUT2D eigenvalue weighted by Crippen LogP contribution is 2.54. The zero-order chi connectivity index (χ0) is 20.8. The highest BCUT2D eigenvalue weighted by Gasteiger charge is 2.55. The van der Waals surface area contributed by atoms with E-state index in [1.54, 1.807) is 0 Å². The molecule has 1 N–H and O–H groups in total. The molecule has 0 radical (unpaired) electrons. The average molecular weight is 397 g/mol. The van der Waals surface area contributed by atoms with Crippen molar-refractivity contribution < 1.29 is 14.7 Å². The van der Waals surface area contributed by atoms with Crippen molar-refractivity contribution in [1.82, 2.24) is 9.80 Å². The van der Waals surface area contributed by atoms with Gasteiger partial charge in [0.2, 0.25) is 5.91 Å². The smallest absolute Gasteiger partial charge is 0.308 e. The SMILES string of the molecule is CC(C)c1cccc(C2=CCN(C(=O)C3C(C(=O)O)CC4(CC4)CN3C)CC2)c1. The summed E-state index contributed by atoms with van der Waals surface area (Å²) in [6, 6.07) is 8.10. The Hall–Kier alpha value is -2.14. The van der Waals surface area contributed by atoms with Crippen LogP contribution in [0.15, 0.2) is 30.3 Å². The summed E-state index contributed by atoms with van der Waals surface area (Å²) in [7, 11) is 1.92. The van der Waals surface area contributed by atoms with Crippen LogP contribution in [0.3, 0.4) is 0 Å². The maximum atomic E-state index is 13.3. The van der Waals surface area contributed by atoms with Crippen LogP contribution >= 0.6 is 0 Å². The molecule has 0 aromatic heterocycles.